The van der Waals surface area contributed by atoms with Crippen LogP contribution < -0.4 is 10.5 Å². The Morgan fingerprint density at radius 2 is 1.95 bits per heavy atom. The van der Waals surface area contributed by atoms with E-state index in [0.29, 0.717) is 0 Å². The lowest BCUT2D eigenvalue weighted by Crippen LogP contribution is -2.11. The fraction of sp³-hybridized carbons (Fsp3) is 0.438. The van der Waals surface area contributed by atoms with E-state index in [9.17, 15) is 0 Å². The van der Waals surface area contributed by atoms with Gasteiger partial charge in [-0.15, -0.1) is 11.3 Å². The number of thiazole rings is 1. The quantitative estimate of drug-likeness (QED) is 0.879. The summed E-state index contributed by atoms with van der Waals surface area (Å²) in [7, 11) is 0. The number of nitrogens with two attached hydrogens (primary N) is 1. The summed E-state index contributed by atoms with van der Waals surface area (Å²) in [5, 5.41) is 0.988. The Kier molecular flexibility index (Phi) is 5.15. The van der Waals surface area contributed by atoms with Gasteiger partial charge < -0.3 is 10.5 Å². The molecule has 0 bridgehead atoms. The van der Waals surface area contributed by atoms with Crippen LogP contribution in [-0.4, -0.2) is 11.6 Å². The van der Waals surface area contributed by atoms with Crippen LogP contribution in [0.25, 0.3) is 0 Å². The van der Waals surface area contributed by atoms with Crippen LogP contribution in [0.4, 0.5) is 0 Å². The fourth-order valence-electron chi connectivity index (χ4n) is 2.05. The molecule has 0 spiro atoms. The van der Waals surface area contributed by atoms with E-state index in [1.165, 1.54) is 4.88 Å². The van der Waals surface area contributed by atoms with Gasteiger partial charge in [-0.2, -0.15) is 0 Å². The van der Waals surface area contributed by atoms with Crippen molar-refractivity contribution < 1.29 is 4.74 Å². The Labute approximate surface area is 124 Å². The van der Waals surface area contributed by atoms with Crippen molar-refractivity contribution in [2.75, 3.05) is 6.61 Å². The summed E-state index contributed by atoms with van der Waals surface area (Å²) >= 11 is 1.69. The molecule has 3 nitrogen and oxygen atoms in total. The highest BCUT2D eigenvalue weighted by atomic mass is 32.1. The number of rotatable bonds is 6. The number of hydrogen-bond acceptors (Lipinski definition) is 4. The molecule has 1 unspecified atom stereocenters. The predicted octanol–water partition coefficient (Wildman–Crippen LogP) is 3.85. The Bertz CT molecular complexity index is 548. The van der Waals surface area contributed by atoms with Crippen LogP contribution in [0, 0.1) is 6.92 Å². The van der Waals surface area contributed by atoms with Gasteiger partial charge in [-0.05, 0) is 37.5 Å². The van der Waals surface area contributed by atoms with Gasteiger partial charge in [0.05, 0.1) is 18.3 Å². The maximum Gasteiger partial charge on any atom is 0.119 e. The van der Waals surface area contributed by atoms with Crippen molar-refractivity contribution in [1.29, 1.82) is 0 Å². The standard InChI is InChI=1S/C16H22N2OS/c1-4-10-19-13-8-6-12(7-9-13)15(17)16-18-14(5-2)11(3)20-16/h6-9,15H,4-5,10,17H2,1-3H3. The zero-order valence-electron chi connectivity index (χ0n) is 12.3. The summed E-state index contributed by atoms with van der Waals surface area (Å²) in [5.41, 5.74) is 8.54. The second-order valence-corrected chi connectivity index (χ2v) is 6.04. The highest BCUT2D eigenvalue weighted by molar-refractivity contribution is 7.11. The molecule has 2 rings (SSSR count). The molecule has 108 valence electrons. The van der Waals surface area contributed by atoms with Crippen molar-refractivity contribution >= 4 is 11.3 Å². The molecule has 1 aromatic carbocycles. The van der Waals surface area contributed by atoms with Gasteiger partial charge in [0.2, 0.25) is 0 Å². The first-order valence-electron chi connectivity index (χ1n) is 7.10. The lowest BCUT2D eigenvalue weighted by molar-refractivity contribution is 0.317. The normalized spacial score (nSPS) is 12.4. The van der Waals surface area contributed by atoms with Gasteiger partial charge in [0.25, 0.3) is 0 Å². The first kappa shape index (κ1) is 15.0. The molecule has 0 fully saturated rings. The molecular formula is C16H22N2OS. The fourth-order valence-corrected chi connectivity index (χ4v) is 3.09. The number of benzene rings is 1. The first-order valence-corrected chi connectivity index (χ1v) is 7.91. The molecule has 0 aliphatic heterocycles. The SMILES string of the molecule is CCCOc1ccc(C(N)c2nc(CC)c(C)s2)cc1. The van der Waals surface area contributed by atoms with Crippen molar-refractivity contribution in [2.24, 2.45) is 5.73 Å². The number of ether oxygens (including phenoxy) is 1. The van der Waals surface area contributed by atoms with E-state index in [0.717, 1.165) is 41.5 Å². The van der Waals surface area contributed by atoms with Crippen LogP contribution in [0.5, 0.6) is 5.75 Å². The Hall–Kier alpha value is -1.39. The third kappa shape index (κ3) is 3.38. The third-order valence-electron chi connectivity index (χ3n) is 3.22. The van der Waals surface area contributed by atoms with Crippen LogP contribution in [0.3, 0.4) is 0 Å². The zero-order chi connectivity index (χ0) is 14.5. The lowest BCUT2D eigenvalue weighted by atomic mass is 10.1. The van der Waals surface area contributed by atoms with Crippen LogP contribution in [0.2, 0.25) is 0 Å². The number of nitrogens with zero attached hydrogens (tertiary/aromatic N) is 1. The average Bonchev–Trinajstić information content (AvgIpc) is 2.86. The minimum atomic E-state index is -0.153. The van der Waals surface area contributed by atoms with Crippen molar-refractivity contribution in [1.82, 2.24) is 4.98 Å². The van der Waals surface area contributed by atoms with Crippen molar-refractivity contribution in [3.05, 3.63) is 45.4 Å². The minimum Gasteiger partial charge on any atom is -0.494 e. The number of aryl methyl sites for hydroxylation is 2. The monoisotopic (exact) mass is 290 g/mol. The van der Waals surface area contributed by atoms with Crippen molar-refractivity contribution in [2.45, 2.75) is 39.7 Å². The van der Waals surface area contributed by atoms with Gasteiger partial charge in [-0.25, -0.2) is 4.98 Å². The second-order valence-electron chi connectivity index (χ2n) is 4.80. The van der Waals surface area contributed by atoms with Gasteiger partial charge in [0.15, 0.2) is 0 Å². The Balaban J connectivity index is 2.13. The molecule has 0 aliphatic rings. The third-order valence-corrected chi connectivity index (χ3v) is 4.32. The predicted molar refractivity (Wildman–Crippen MR) is 84.5 cm³/mol. The van der Waals surface area contributed by atoms with E-state index < -0.39 is 0 Å². The van der Waals surface area contributed by atoms with Crippen LogP contribution in [0.15, 0.2) is 24.3 Å². The van der Waals surface area contributed by atoms with E-state index in [4.69, 9.17) is 10.5 Å². The van der Waals surface area contributed by atoms with Gasteiger partial charge >= 0.3 is 0 Å². The molecular weight excluding hydrogens is 268 g/mol. The van der Waals surface area contributed by atoms with Gasteiger partial charge in [0, 0.05) is 4.88 Å². The van der Waals surface area contributed by atoms with Crippen LogP contribution in [-0.2, 0) is 6.42 Å². The number of aromatic nitrogens is 1. The molecule has 0 amide bonds. The first-order chi connectivity index (χ1) is 9.65. The molecule has 0 saturated carbocycles. The Morgan fingerprint density at radius 1 is 1.25 bits per heavy atom. The zero-order valence-corrected chi connectivity index (χ0v) is 13.2. The number of hydrogen-bond donors (Lipinski definition) is 1. The molecule has 1 atom stereocenters. The summed E-state index contributed by atoms with van der Waals surface area (Å²) < 4.78 is 5.58. The van der Waals surface area contributed by atoms with Gasteiger partial charge in [-0.1, -0.05) is 26.0 Å². The Morgan fingerprint density at radius 3 is 2.50 bits per heavy atom. The van der Waals surface area contributed by atoms with E-state index in [-0.39, 0.29) is 6.04 Å². The van der Waals surface area contributed by atoms with E-state index in [1.807, 2.05) is 24.3 Å². The summed E-state index contributed by atoms with van der Waals surface area (Å²) in [6.07, 6.45) is 1.97. The molecule has 1 aromatic heterocycles. The topological polar surface area (TPSA) is 48.1 Å². The van der Waals surface area contributed by atoms with Crippen LogP contribution in [0.1, 0.15) is 47.5 Å². The molecule has 0 radical (unpaired) electrons. The molecule has 2 aromatic rings. The minimum absolute atomic E-state index is 0.153. The molecule has 0 saturated heterocycles. The van der Waals surface area contributed by atoms with Crippen LogP contribution >= 0.6 is 11.3 Å². The molecule has 1 heterocycles. The second kappa shape index (κ2) is 6.86. The highest BCUT2D eigenvalue weighted by Crippen LogP contribution is 2.27. The van der Waals surface area contributed by atoms with Crippen molar-refractivity contribution in [3.8, 4) is 5.75 Å². The summed E-state index contributed by atoms with van der Waals surface area (Å²) in [6.45, 7) is 7.07. The molecule has 2 N–H and O–H groups in total. The van der Waals surface area contributed by atoms with E-state index in [1.54, 1.807) is 11.3 Å². The lowest BCUT2D eigenvalue weighted by Gasteiger charge is -2.10. The average molecular weight is 290 g/mol. The maximum atomic E-state index is 6.31. The highest BCUT2D eigenvalue weighted by Gasteiger charge is 2.15. The largest absolute Gasteiger partial charge is 0.494 e. The van der Waals surface area contributed by atoms with E-state index >= 15 is 0 Å². The van der Waals surface area contributed by atoms with E-state index in [2.05, 4.69) is 25.8 Å². The smallest absolute Gasteiger partial charge is 0.119 e. The molecule has 0 aliphatic carbocycles. The summed E-state index contributed by atoms with van der Waals surface area (Å²) in [5.74, 6) is 0.896. The summed E-state index contributed by atoms with van der Waals surface area (Å²) in [4.78, 5) is 5.90. The molecule has 4 heteroatoms. The van der Waals surface area contributed by atoms with Gasteiger partial charge in [-0.3, -0.25) is 0 Å². The summed E-state index contributed by atoms with van der Waals surface area (Å²) in [6, 6.07) is 7.85. The molecule has 20 heavy (non-hydrogen) atoms. The maximum absolute atomic E-state index is 6.31. The van der Waals surface area contributed by atoms with Crippen molar-refractivity contribution in [3.63, 3.8) is 0 Å². The van der Waals surface area contributed by atoms with Gasteiger partial charge in [0.1, 0.15) is 10.8 Å².